The van der Waals surface area contributed by atoms with Crippen LogP contribution >= 0.6 is 0 Å². The lowest BCUT2D eigenvalue weighted by Crippen LogP contribution is -2.41. The van der Waals surface area contributed by atoms with Gasteiger partial charge in [0, 0.05) is 6.54 Å². The van der Waals surface area contributed by atoms with Crippen molar-refractivity contribution in [2.24, 2.45) is 0 Å². The van der Waals surface area contributed by atoms with E-state index in [4.69, 9.17) is 9.47 Å². The van der Waals surface area contributed by atoms with Crippen LogP contribution in [0.15, 0.2) is 0 Å². The minimum atomic E-state index is -0.423. The zero-order valence-electron chi connectivity index (χ0n) is 10.6. The zero-order chi connectivity index (χ0) is 12.0. The van der Waals surface area contributed by atoms with Crippen molar-refractivity contribution in [2.75, 3.05) is 13.1 Å². The molecule has 0 spiro atoms. The van der Waals surface area contributed by atoms with Gasteiger partial charge in [-0.05, 0) is 40.5 Å². The number of ether oxygens (including phenoxy) is 2. The van der Waals surface area contributed by atoms with E-state index in [0.29, 0.717) is 12.6 Å². The summed E-state index contributed by atoms with van der Waals surface area (Å²) in [4.78, 5) is 13.7. The Morgan fingerprint density at radius 2 is 2.19 bits per heavy atom. The lowest BCUT2D eigenvalue weighted by atomic mass is 10.1. The molecule has 0 aliphatic carbocycles. The van der Waals surface area contributed by atoms with Gasteiger partial charge in [0.25, 0.3) is 0 Å². The molecule has 2 aliphatic rings. The maximum absolute atomic E-state index is 11.9. The Kier molecular flexibility index (Phi) is 2.65. The van der Waals surface area contributed by atoms with Crippen LogP contribution in [-0.2, 0) is 9.47 Å². The van der Waals surface area contributed by atoms with E-state index in [1.165, 1.54) is 0 Å². The van der Waals surface area contributed by atoms with Gasteiger partial charge in [-0.3, -0.25) is 0 Å². The van der Waals surface area contributed by atoms with Crippen LogP contribution in [-0.4, -0.2) is 41.4 Å². The van der Waals surface area contributed by atoms with Crippen LogP contribution in [0.4, 0.5) is 4.79 Å². The first-order valence-corrected chi connectivity index (χ1v) is 5.96. The molecule has 2 aliphatic heterocycles. The second kappa shape index (κ2) is 3.62. The van der Waals surface area contributed by atoms with E-state index in [1.807, 2.05) is 20.8 Å². The first-order valence-electron chi connectivity index (χ1n) is 5.96. The minimum absolute atomic E-state index is 0.118. The summed E-state index contributed by atoms with van der Waals surface area (Å²) in [5.41, 5.74) is -0.540. The molecule has 1 amide bonds. The Balaban J connectivity index is 1.95. The minimum Gasteiger partial charge on any atom is -0.444 e. The number of hydrogen-bond acceptors (Lipinski definition) is 3. The summed E-state index contributed by atoms with van der Waals surface area (Å²) in [7, 11) is 0. The molecule has 92 valence electrons. The molecule has 0 radical (unpaired) electrons. The molecular weight excluding hydrogens is 206 g/mol. The summed E-state index contributed by atoms with van der Waals surface area (Å²) in [6.07, 6.45) is 2.18. The van der Waals surface area contributed by atoms with E-state index >= 15 is 0 Å². The molecule has 0 aromatic carbocycles. The van der Waals surface area contributed by atoms with Crippen molar-refractivity contribution in [2.45, 2.75) is 57.8 Å². The summed E-state index contributed by atoms with van der Waals surface area (Å²) in [5, 5.41) is 0. The van der Waals surface area contributed by atoms with Gasteiger partial charge in [0.05, 0.1) is 12.6 Å². The van der Waals surface area contributed by atoms with Crippen LogP contribution in [0.5, 0.6) is 0 Å². The number of fused-ring (bicyclic) bond motifs is 1. The van der Waals surface area contributed by atoms with Gasteiger partial charge in [-0.2, -0.15) is 0 Å². The van der Waals surface area contributed by atoms with Crippen LogP contribution in [0.3, 0.4) is 0 Å². The third-order valence-electron chi connectivity index (χ3n) is 3.09. The number of carbonyl (C=O) groups is 1. The van der Waals surface area contributed by atoms with Gasteiger partial charge in [-0.1, -0.05) is 0 Å². The second-order valence-corrected chi connectivity index (χ2v) is 5.96. The molecule has 4 heteroatoms. The lowest BCUT2D eigenvalue weighted by molar-refractivity contribution is 0.0206. The fourth-order valence-corrected chi connectivity index (χ4v) is 2.20. The topological polar surface area (TPSA) is 42.1 Å². The molecule has 0 saturated carbocycles. The van der Waals surface area contributed by atoms with E-state index in [1.54, 1.807) is 4.90 Å². The second-order valence-electron chi connectivity index (χ2n) is 5.96. The number of hydrogen-bond donors (Lipinski definition) is 0. The number of nitrogens with zero attached hydrogens (tertiary/aromatic N) is 1. The molecule has 2 atom stereocenters. The van der Waals surface area contributed by atoms with Gasteiger partial charge in [0.1, 0.15) is 11.2 Å². The SMILES string of the molecule is CC(C)(C)OC(=O)N1CCCC2OC2(C)C1. The first-order chi connectivity index (χ1) is 7.30. The summed E-state index contributed by atoms with van der Waals surface area (Å²) < 4.78 is 11.0. The van der Waals surface area contributed by atoms with Crippen LogP contribution in [0.2, 0.25) is 0 Å². The molecule has 0 N–H and O–H groups in total. The summed E-state index contributed by atoms with van der Waals surface area (Å²) in [5.74, 6) is 0. The van der Waals surface area contributed by atoms with E-state index in [0.717, 1.165) is 19.4 Å². The first kappa shape index (κ1) is 11.7. The highest BCUT2D eigenvalue weighted by atomic mass is 16.6. The maximum Gasteiger partial charge on any atom is 0.410 e. The van der Waals surface area contributed by atoms with Gasteiger partial charge in [0.2, 0.25) is 0 Å². The van der Waals surface area contributed by atoms with Crippen molar-refractivity contribution in [1.82, 2.24) is 4.90 Å². The largest absolute Gasteiger partial charge is 0.444 e. The Bertz CT molecular complexity index is 297. The number of rotatable bonds is 0. The predicted octanol–water partition coefficient (Wildman–Crippen LogP) is 2.17. The van der Waals surface area contributed by atoms with Crippen molar-refractivity contribution in [3.63, 3.8) is 0 Å². The van der Waals surface area contributed by atoms with Crippen molar-refractivity contribution in [3.8, 4) is 0 Å². The van der Waals surface area contributed by atoms with Crippen LogP contribution in [0, 0.1) is 0 Å². The number of epoxide rings is 1. The molecule has 2 rings (SSSR count). The Morgan fingerprint density at radius 1 is 1.50 bits per heavy atom. The van der Waals surface area contributed by atoms with Crippen molar-refractivity contribution >= 4 is 6.09 Å². The van der Waals surface area contributed by atoms with Gasteiger partial charge in [-0.25, -0.2) is 4.79 Å². The monoisotopic (exact) mass is 227 g/mol. The Hall–Kier alpha value is -0.770. The van der Waals surface area contributed by atoms with Gasteiger partial charge < -0.3 is 14.4 Å². The molecular formula is C12H21NO3. The summed E-state index contributed by atoms with van der Waals surface area (Å²) in [6.45, 7) is 9.18. The fourth-order valence-electron chi connectivity index (χ4n) is 2.20. The van der Waals surface area contributed by atoms with Crippen molar-refractivity contribution in [3.05, 3.63) is 0 Å². The van der Waals surface area contributed by atoms with Crippen molar-refractivity contribution < 1.29 is 14.3 Å². The van der Waals surface area contributed by atoms with Gasteiger partial charge in [-0.15, -0.1) is 0 Å². The average Bonchev–Trinajstić information content (AvgIpc) is 2.72. The number of likely N-dealkylation sites (tertiary alicyclic amines) is 1. The van der Waals surface area contributed by atoms with E-state index in [-0.39, 0.29) is 11.7 Å². The quantitative estimate of drug-likeness (QED) is 0.596. The van der Waals surface area contributed by atoms with Crippen LogP contribution in [0.25, 0.3) is 0 Å². The van der Waals surface area contributed by atoms with E-state index in [2.05, 4.69) is 6.92 Å². The van der Waals surface area contributed by atoms with E-state index < -0.39 is 5.60 Å². The molecule has 4 nitrogen and oxygen atoms in total. The molecule has 2 unspecified atom stereocenters. The Morgan fingerprint density at radius 3 is 2.81 bits per heavy atom. The lowest BCUT2D eigenvalue weighted by Gasteiger charge is -2.27. The smallest absolute Gasteiger partial charge is 0.410 e. The van der Waals surface area contributed by atoms with Crippen molar-refractivity contribution in [1.29, 1.82) is 0 Å². The number of carbonyl (C=O) groups excluding carboxylic acids is 1. The maximum atomic E-state index is 11.9. The highest BCUT2D eigenvalue weighted by molar-refractivity contribution is 5.68. The van der Waals surface area contributed by atoms with Crippen LogP contribution < -0.4 is 0 Å². The molecule has 2 saturated heterocycles. The van der Waals surface area contributed by atoms with E-state index in [9.17, 15) is 4.79 Å². The normalized spacial score (nSPS) is 34.0. The molecule has 2 fully saturated rings. The summed E-state index contributed by atoms with van der Waals surface area (Å²) >= 11 is 0. The highest BCUT2D eigenvalue weighted by Gasteiger charge is 2.54. The van der Waals surface area contributed by atoms with Gasteiger partial charge in [0.15, 0.2) is 0 Å². The molecule has 0 aromatic heterocycles. The molecule has 0 aromatic rings. The average molecular weight is 227 g/mol. The zero-order valence-corrected chi connectivity index (χ0v) is 10.6. The summed E-state index contributed by atoms with van der Waals surface area (Å²) in [6, 6.07) is 0. The molecule has 2 heterocycles. The molecule has 16 heavy (non-hydrogen) atoms. The Labute approximate surface area is 96.9 Å². The highest BCUT2D eigenvalue weighted by Crippen LogP contribution is 2.41. The molecule has 0 bridgehead atoms. The standard InChI is InChI=1S/C12H21NO3/c1-11(2,3)16-10(14)13-7-5-6-9-12(4,8-13)15-9/h9H,5-8H2,1-4H3. The predicted molar refractivity (Wildman–Crippen MR) is 60.3 cm³/mol. The van der Waals surface area contributed by atoms with Gasteiger partial charge >= 0.3 is 6.09 Å². The fraction of sp³-hybridized carbons (Fsp3) is 0.917. The third-order valence-corrected chi connectivity index (χ3v) is 3.09. The van der Waals surface area contributed by atoms with Crippen LogP contribution in [0.1, 0.15) is 40.5 Å². The third kappa shape index (κ3) is 2.48. The number of amides is 1.